The van der Waals surface area contributed by atoms with Gasteiger partial charge in [0.1, 0.15) is 17.7 Å². The molecule has 0 spiro atoms. The van der Waals surface area contributed by atoms with Crippen LogP contribution in [-0.2, 0) is 0 Å². The maximum atomic E-state index is 4.69. The molecule has 5 nitrogen and oxygen atoms in total. The molecule has 1 aromatic carbocycles. The van der Waals surface area contributed by atoms with E-state index >= 15 is 0 Å². The van der Waals surface area contributed by atoms with Gasteiger partial charge in [0.15, 0.2) is 13.9 Å². The lowest BCUT2D eigenvalue weighted by atomic mass is 10.3. The summed E-state index contributed by atoms with van der Waals surface area (Å²) >= 11 is 0. The first-order valence-electron chi connectivity index (χ1n) is 6.84. The van der Waals surface area contributed by atoms with Crippen molar-refractivity contribution < 1.29 is 0 Å². The molecule has 0 aliphatic carbocycles. The van der Waals surface area contributed by atoms with E-state index in [2.05, 4.69) is 51.3 Å². The Bertz CT molecular complexity index is 755. The van der Waals surface area contributed by atoms with E-state index in [1.165, 1.54) is 6.33 Å². The summed E-state index contributed by atoms with van der Waals surface area (Å²) in [6, 6.07) is 10.3. The van der Waals surface area contributed by atoms with Gasteiger partial charge in [-0.05, 0) is 12.1 Å². The molecule has 3 aromatic rings. The molecule has 0 saturated heterocycles. The second-order valence-electron chi connectivity index (χ2n) is 5.80. The Morgan fingerprint density at radius 2 is 1.71 bits per heavy atom. The third kappa shape index (κ3) is 2.75. The normalized spacial score (nSPS) is 11.6. The summed E-state index contributed by atoms with van der Waals surface area (Å²) in [6.45, 7) is 6.86. The summed E-state index contributed by atoms with van der Waals surface area (Å²) < 4.78 is 2.30. The van der Waals surface area contributed by atoms with E-state index in [1.54, 1.807) is 12.4 Å². The Balaban J connectivity index is 2.15. The van der Waals surface area contributed by atoms with Crippen LogP contribution in [0.25, 0.3) is 11.2 Å². The number of hydrogen-bond acceptors (Lipinski definition) is 5. The number of benzene rings is 1. The fraction of sp³-hybridized carbons (Fsp3) is 0.200. The van der Waals surface area contributed by atoms with Crippen LogP contribution in [-0.4, -0.2) is 28.2 Å². The van der Waals surface area contributed by atoms with Gasteiger partial charge in [-0.1, -0.05) is 37.8 Å². The van der Waals surface area contributed by atoms with Gasteiger partial charge in [-0.2, -0.15) is 0 Å². The maximum Gasteiger partial charge on any atom is 0.181 e. The minimum Gasteiger partial charge on any atom is -0.353 e. The van der Waals surface area contributed by atoms with Gasteiger partial charge in [-0.25, -0.2) is 19.9 Å². The molecule has 0 N–H and O–H groups in total. The first-order chi connectivity index (χ1) is 10.1. The van der Waals surface area contributed by atoms with Crippen molar-refractivity contribution in [2.75, 3.05) is 4.57 Å². The summed E-state index contributed by atoms with van der Waals surface area (Å²) in [5.74, 6) is 0.850. The number of nitrogens with zero attached hydrogens (tertiary/aromatic N) is 5. The molecule has 0 aliphatic rings. The molecule has 21 heavy (non-hydrogen) atoms. The first-order valence-corrected chi connectivity index (χ1v) is 10.3. The predicted molar refractivity (Wildman–Crippen MR) is 87.1 cm³/mol. The van der Waals surface area contributed by atoms with E-state index in [9.17, 15) is 0 Å². The number of para-hydroxylation sites is 1. The molecule has 0 saturated carbocycles. The molecule has 2 heterocycles. The van der Waals surface area contributed by atoms with E-state index in [0.29, 0.717) is 11.2 Å². The van der Waals surface area contributed by atoms with Crippen molar-refractivity contribution >= 4 is 30.9 Å². The second-order valence-corrected chi connectivity index (χ2v) is 10.6. The van der Waals surface area contributed by atoms with Gasteiger partial charge >= 0.3 is 0 Å². The van der Waals surface area contributed by atoms with Gasteiger partial charge in [0, 0.05) is 5.69 Å². The van der Waals surface area contributed by atoms with E-state index in [0.717, 1.165) is 11.5 Å². The zero-order valence-corrected chi connectivity index (χ0v) is 13.4. The lowest BCUT2D eigenvalue weighted by molar-refractivity contribution is 1.12. The Labute approximate surface area is 124 Å². The monoisotopic (exact) mass is 295 g/mol. The minimum absolute atomic E-state index is 0.623. The van der Waals surface area contributed by atoms with Crippen LogP contribution in [0.5, 0.6) is 0 Å². The van der Waals surface area contributed by atoms with Gasteiger partial charge in [0.05, 0.1) is 12.4 Å². The van der Waals surface area contributed by atoms with Gasteiger partial charge in [-0.3, -0.25) is 0 Å². The molecule has 0 bridgehead atoms. The Morgan fingerprint density at radius 1 is 0.952 bits per heavy atom. The highest BCUT2D eigenvalue weighted by Gasteiger charge is 2.27. The lowest BCUT2D eigenvalue weighted by Crippen LogP contribution is -2.43. The third-order valence-corrected chi connectivity index (χ3v) is 4.95. The summed E-state index contributed by atoms with van der Waals surface area (Å²) in [7, 11) is -1.67. The smallest absolute Gasteiger partial charge is 0.181 e. The van der Waals surface area contributed by atoms with Crippen molar-refractivity contribution in [1.29, 1.82) is 0 Å². The van der Waals surface area contributed by atoms with Crippen LogP contribution < -0.4 is 4.57 Å². The van der Waals surface area contributed by atoms with Gasteiger partial charge in [0.25, 0.3) is 0 Å². The SMILES string of the molecule is C[Si](C)(C)N(c1ccccc1)c1cnc2ncncc2n1. The maximum absolute atomic E-state index is 4.69. The predicted octanol–water partition coefficient (Wildman–Crippen LogP) is 3.39. The van der Waals surface area contributed by atoms with Crippen LogP contribution in [0.3, 0.4) is 0 Å². The molecule has 0 unspecified atom stereocenters. The van der Waals surface area contributed by atoms with Crippen molar-refractivity contribution in [2.45, 2.75) is 19.6 Å². The number of hydrogen-bond donors (Lipinski definition) is 0. The molecule has 0 radical (unpaired) electrons. The highest BCUT2D eigenvalue weighted by molar-refractivity contribution is 6.81. The standard InChI is InChI=1S/C15H17N5Si/c1-21(2,3)20(12-7-5-4-6-8-12)14-10-17-15-13(19-14)9-16-11-18-15/h4-11H,1-3H3. The Hall–Kier alpha value is -2.34. The van der Waals surface area contributed by atoms with Crippen LogP contribution in [0, 0.1) is 0 Å². The number of aromatic nitrogens is 4. The topological polar surface area (TPSA) is 54.8 Å². The summed E-state index contributed by atoms with van der Waals surface area (Å²) in [5, 5.41) is 0. The largest absolute Gasteiger partial charge is 0.353 e. The van der Waals surface area contributed by atoms with Gasteiger partial charge in [0.2, 0.25) is 0 Å². The van der Waals surface area contributed by atoms with E-state index < -0.39 is 8.24 Å². The van der Waals surface area contributed by atoms with E-state index in [-0.39, 0.29) is 0 Å². The van der Waals surface area contributed by atoms with Crippen LogP contribution in [0.1, 0.15) is 0 Å². The van der Waals surface area contributed by atoms with Crippen molar-refractivity contribution in [3.8, 4) is 0 Å². The molecule has 3 rings (SSSR count). The summed E-state index contributed by atoms with van der Waals surface area (Å²) in [4.78, 5) is 17.3. The van der Waals surface area contributed by atoms with Crippen molar-refractivity contribution in [2.24, 2.45) is 0 Å². The molecule has 0 fully saturated rings. The minimum atomic E-state index is -1.67. The first kappa shape index (κ1) is 13.6. The zero-order valence-electron chi connectivity index (χ0n) is 12.4. The molecule has 0 amide bonds. The Kier molecular flexibility index (Phi) is 3.38. The van der Waals surface area contributed by atoms with Crippen LogP contribution in [0.2, 0.25) is 19.6 Å². The number of rotatable bonds is 3. The van der Waals surface area contributed by atoms with Gasteiger partial charge < -0.3 is 4.57 Å². The fourth-order valence-corrected chi connectivity index (χ4v) is 4.03. The van der Waals surface area contributed by atoms with Gasteiger partial charge in [-0.15, -0.1) is 0 Å². The van der Waals surface area contributed by atoms with Crippen LogP contribution in [0.15, 0.2) is 49.1 Å². The Morgan fingerprint density at radius 3 is 2.43 bits per heavy atom. The average molecular weight is 295 g/mol. The van der Waals surface area contributed by atoms with Crippen LogP contribution in [0.4, 0.5) is 11.5 Å². The van der Waals surface area contributed by atoms with E-state index in [4.69, 9.17) is 4.98 Å². The number of anilines is 2. The molecule has 0 aliphatic heterocycles. The van der Waals surface area contributed by atoms with Crippen molar-refractivity contribution in [3.63, 3.8) is 0 Å². The molecule has 0 atom stereocenters. The summed E-state index contributed by atoms with van der Waals surface area (Å²) in [5.41, 5.74) is 2.48. The molecular formula is C15H17N5Si. The quantitative estimate of drug-likeness (QED) is 0.693. The van der Waals surface area contributed by atoms with Crippen molar-refractivity contribution in [3.05, 3.63) is 49.1 Å². The zero-order chi connectivity index (χ0) is 14.9. The second kappa shape index (κ2) is 5.21. The van der Waals surface area contributed by atoms with Crippen LogP contribution >= 0.6 is 0 Å². The molecular weight excluding hydrogens is 278 g/mol. The molecule has 6 heteroatoms. The number of fused-ring (bicyclic) bond motifs is 1. The highest BCUT2D eigenvalue weighted by Crippen LogP contribution is 2.29. The average Bonchev–Trinajstić information content (AvgIpc) is 2.47. The molecule has 106 valence electrons. The third-order valence-electron chi connectivity index (χ3n) is 3.12. The van der Waals surface area contributed by atoms with Crippen molar-refractivity contribution in [1.82, 2.24) is 19.9 Å². The lowest BCUT2D eigenvalue weighted by Gasteiger charge is -2.35. The fourth-order valence-electron chi connectivity index (χ4n) is 2.31. The molecule has 2 aromatic heterocycles. The summed E-state index contributed by atoms with van der Waals surface area (Å²) in [6.07, 6.45) is 4.98. The van der Waals surface area contributed by atoms with E-state index in [1.807, 2.05) is 18.2 Å². The highest BCUT2D eigenvalue weighted by atomic mass is 28.3.